The van der Waals surface area contributed by atoms with E-state index >= 15 is 0 Å². The van der Waals surface area contributed by atoms with Crippen LogP contribution < -0.4 is 20.1 Å². The fourth-order valence-corrected chi connectivity index (χ4v) is 5.55. The normalized spacial score (nSPS) is 17.3. The molecular weight excluding hydrogens is 519 g/mol. The van der Waals surface area contributed by atoms with Gasteiger partial charge >= 0.3 is 6.18 Å². The number of rotatable bonds is 9. The minimum atomic E-state index is -4.56. The summed E-state index contributed by atoms with van der Waals surface area (Å²) >= 11 is 1.11. The summed E-state index contributed by atoms with van der Waals surface area (Å²) in [5.41, 5.74) is -0.638. The summed E-state index contributed by atoms with van der Waals surface area (Å²) in [6.07, 6.45) is -1.77. The second kappa shape index (κ2) is 10.2. The van der Waals surface area contributed by atoms with Gasteiger partial charge in [-0.25, -0.2) is 4.98 Å². The van der Waals surface area contributed by atoms with Crippen LogP contribution >= 0.6 is 11.3 Å². The quantitative estimate of drug-likeness (QED) is 0.339. The molecule has 11 heteroatoms. The highest BCUT2D eigenvalue weighted by Crippen LogP contribution is 2.51. The van der Waals surface area contributed by atoms with E-state index in [0.29, 0.717) is 34.3 Å². The van der Waals surface area contributed by atoms with Gasteiger partial charge in [-0.2, -0.15) is 13.2 Å². The Morgan fingerprint density at radius 1 is 1.16 bits per heavy atom. The fourth-order valence-electron chi connectivity index (χ4n) is 4.66. The van der Waals surface area contributed by atoms with Gasteiger partial charge in [0.2, 0.25) is 12.7 Å². The van der Waals surface area contributed by atoms with Gasteiger partial charge in [-0.3, -0.25) is 4.79 Å². The molecule has 0 bridgehead atoms. The van der Waals surface area contributed by atoms with Gasteiger partial charge in [0.25, 0.3) is 0 Å². The molecule has 3 N–H and O–H groups in total. The first kappa shape index (κ1) is 26.5. The van der Waals surface area contributed by atoms with Crippen LogP contribution in [0.3, 0.4) is 0 Å². The number of benzene rings is 2. The molecule has 0 saturated heterocycles. The summed E-state index contributed by atoms with van der Waals surface area (Å²) in [6.45, 7) is 3.65. The molecule has 3 aromatic rings. The van der Waals surface area contributed by atoms with Gasteiger partial charge in [0.05, 0.1) is 23.6 Å². The molecule has 1 amide bonds. The molecule has 0 spiro atoms. The largest absolute Gasteiger partial charge is 0.454 e. The van der Waals surface area contributed by atoms with Crippen molar-refractivity contribution < 1.29 is 32.5 Å². The second-order valence-electron chi connectivity index (χ2n) is 9.89. The second-order valence-corrected chi connectivity index (χ2v) is 11.0. The van der Waals surface area contributed by atoms with Crippen LogP contribution in [0.1, 0.15) is 54.3 Å². The maximum absolute atomic E-state index is 13.9. The van der Waals surface area contributed by atoms with Crippen LogP contribution in [0, 0.1) is 5.92 Å². The van der Waals surface area contributed by atoms with Crippen LogP contribution in [-0.4, -0.2) is 35.4 Å². The predicted molar refractivity (Wildman–Crippen MR) is 136 cm³/mol. The van der Waals surface area contributed by atoms with E-state index in [1.165, 1.54) is 18.3 Å². The van der Waals surface area contributed by atoms with E-state index in [1.54, 1.807) is 12.1 Å². The molecule has 7 nitrogen and oxygen atoms in total. The number of ether oxygens (including phenoxy) is 2. The van der Waals surface area contributed by atoms with Gasteiger partial charge < -0.3 is 25.2 Å². The number of hydrogen-bond donors (Lipinski definition) is 3. The van der Waals surface area contributed by atoms with Crippen LogP contribution in [0.2, 0.25) is 0 Å². The zero-order chi connectivity index (χ0) is 27.1. The van der Waals surface area contributed by atoms with Gasteiger partial charge in [0.1, 0.15) is 0 Å². The lowest BCUT2D eigenvalue weighted by Crippen LogP contribution is -2.40. The topological polar surface area (TPSA) is 92.7 Å². The van der Waals surface area contributed by atoms with E-state index in [1.807, 2.05) is 26.0 Å². The van der Waals surface area contributed by atoms with Crippen molar-refractivity contribution in [2.75, 3.05) is 18.7 Å². The molecule has 1 saturated carbocycles. The van der Waals surface area contributed by atoms with Crippen molar-refractivity contribution in [3.8, 4) is 11.5 Å². The van der Waals surface area contributed by atoms with Crippen LogP contribution in [0.5, 0.6) is 11.5 Å². The van der Waals surface area contributed by atoms with Crippen LogP contribution in [0.25, 0.3) is 0 Å². The van der Waals surface area contributed by atoms with Crippen LogP contribution in [-0.2, 0) is 16.4 Å². The van der Waals surface area contributed by atoms with Gasteiger partial charge in [-0.1, -0.05) is 49.4 Å². The van der Waals surface area contributed by atoms with E-state index in [9.17, 15) is 23.1 Å². The lowest BCUT2D eigenvalue weighted by atomic mass is 9.94. The molecule has 202 valence electrons. The van der Waals surface area contributed by atoms with Gasteiger partial charge in [-0.15, -0.1) is 0 Å². The number of halogens is 3. The Morgan fingerprint density at radius 3 is 2.58 bits per heavy atom. The predicted octanol–water partition coefficient (Wildman–Crippen LogP) is 5.26. The number of hydrogen-bond acceptors (Lipinski definition) is 7. The summed E-state index contributed by atoms with van der Waals surface area (Å²) in [7, 11) is 0. The number of thiazole rings is 1. The number of amides is 1. The average molecular weight is 548 g/mol. The SMILES string of the molecule is CC(C)[C@H](CO)NC(c1cnc(NC(=O)C2(c3ccc4c(c3)OCO4)CC2)s1)c1ccccc1C(F)(F)F. The molecule has 1 fully saturated rings. The van der Waals surface area contributed by atoms with Crippen LogP contribution in [0.15, 0.2) is 48.7 Å². The maximum atomic E-state index is 13.9. The molecule has 1 unspecified atom stereocenters. The molecule has 1 aliphatic carbocycles. The number of aliphatic hydroxyl groups excluding tert-OH is 1. The third-order valence-corrected chi connectivity index (χ3v) is 8.08. The van der Waals surface area contributed by atoms with Gasteiger partial charge in [0, 0.05) is 17.1 Å². The Labute approximate surface area is 222 Å². The Morgan fingerprint density at radius 2 is 1.89 bits per heavy atom. The van der Waals surface area contributed by atoms with E-state index in [-0.39, 0.29) is 30.8 Å². The highest BCUT2D eigenvalue weighted by Gasteiger charge is 2.52. The van der Waals surface area contributed by atoms with Crippen LogP contribution in [0.4, 0.5) is 18.3 Å². The van der Waals surface area contributed by atoms with Gasteiger partial charge in [-0.05, 0) is 48.1 Å². The minimum absolute atomic E-state index is 0.0275. The van der Waals surface area contributed by atoms with Crippen molar-refractivity contribution in [1.29, 1.82) is 0 Å². The lowest BCUT2D eigenvalue weighted by Gasteiger charge is -2.28. The number of anilines is 1. The summed E-state index contributed by atoms with van der Waals surface area (Å²) in [5, 5.41) is 16.2. The van der Waals surface area contributed by atoms with Crippen molar-refractivity contribution in [2.45, 2.75) is 50.4 Å². The smallest absolute Gasteiger partial charge is 0.416 e. The summed E-state index contributed by atoms with van der Waals surface area (Å²) < 4.78 is 52.5. The number of carbonyl (C=O) groups excluding carboxylic acids is 1. The van der Waals surface area contributed by atoms with Crippen molar-refractivity contribution in [2.24, 2.45) is 5.92 Å². The Kier molecular flexibility index (Phi) is 7.10. The van der Waals surface area contributed by atoms with Gasteiger partial charge in [0.15, 0.2) is 16.6 Å². The Bertz CT molecular complexity index is 1320. The average Bonchev–Trinajstić information content (AvgIpc) is 3.34. The maximum Gasteiger partial charge on any atom is 0.416 e. The van der Waals surface area contributed by atoms with Crippen molar-refractivity contribution in [1.82, 2.24) is 10.3 Å². The van der Waals surface area contributed by atoms with E-state index in [2.05, 4.69) is 15.6 Å². The van der Waals surface area contributed by atoms with Crippen molar-refractivity contribution in [3.63, 3.8) is 0 Å². The summed E-state index contributed by atoms with van der Waals surface area (Å²) in [6, 6.07) is 9.47. The number of nitrogens with one attached hydrogen (secondary N) is 2. The number of carbonyl (C=O) groups is 1. The number of aromatic nitrogens is 1. The Balaban J connectivity index is 1.42. The first-order chi connectivity index (χ1) is 18.1. The van der Waals surface area contributed by atoms with E-state index < -0.39 is 29.2 Å². The Hall–Kier alpha value is -3.15. The molecule has 2 aliphatic rings. The van der Waals surface area contributed by atoms with E-state index in [4.69, 9.17) is 9.47 Å². The monoisotopic (exact) mass is 547 g/mol. The molecule has 2 atom stereocenters. The highest BCUT2D eigenvalue weighted by atomic mass is 32.1. The van der Waals surface area contributed by atoms with E-state index in [0.717, 1.165) is 23.0 Å². The molecular formula is C27H28F3N3O4S. The molecule has 2 aromatic carbocycles. The fraction of sp³-hybridized carbons (Fsp3) is 0.407. The third-order valence-electron chi connectivity index (χ3n) is 7.10. The number of nitrogens with zero attached hydrogens (tertiary/aromatic N) is 1. The standard InChI is InChI=1S/C27H28F3N3O4S/c1-15(2)19(13-34)32-23(17-5-3-4-6-18(17)27(28,29)30)22-12-31-25(38-22)33-24(35)26(9-10-26)16-7-8-20-21(11-16)37-14-36-20/h3-8,11-12,15,19,23,32,34H,9-10,13-14H2,1-2H3,(H,31,33,35)/t19-,23?/m0/s1. The lowest BCUT2D eigenvalue weighted by molar-refractivity contribution is -0.138. The molecule has 2 heterocycles. The number of fused-ring (bicyclic) bond motifs is 1. The minimum Gasteiger partial charge on any atom is -0.454 e. The zero-order valence-electron chi connectivity index (χ0n) is 20.8. The molecule has 38 heavy (non-hydrogen) atoms. The molecule has 5 rings (SSSR count). The highest BCUT2D eigenvalue weighted by molar-refractivity contribution is 7.15. The van der Waals surface area contributed by atoms with Crippen molar-refractivity contribution in [3.05, 3.63) is 70.2 Å². The van der Waals surface area contributed by atoms with Crippen molar-refractivity contribution >= 4 is 22.4 Å². The third kappa shape index (κ3) is 5.10. The zero-order valence-corrected chi connectivity index (χ0v) is 21.7. The first-order valence-corrected chi connectivity index (χ1v) is 13.1. The molecule has 0 radical (unpaired) electrons. The molecule has 1 aromatic heterocycles. The number of aliphatic hydroxyl groups is 1. The first-order valence-electron chi connectivity index (χ1n) is 12.3. The summed E-state index contributed by atoms with van der Waals surface area (Å²) in [4.78, 5) is 18.1. The summed E-state index contributed by atoms with van der Waals surface area (Å²) in [5.74, 6) is 0.964. The molecule has 1 aliphatic heterocycles. The number of alkyl halides is 3.